The average molecular weight is 466 g/mol. The van der Waals surface area contributed by atoms with Gasteiger partial charge in [0.15, 0.2) is 0 Å². The van der Waals surface area contributed by atoms with Crippen molar-refractivity contribution in [3.05, 3.63) is 52.0 Å². The molecule has 2 aliphatic rings. The maximum Gasteiger partial charge on any atom is 0.270 e. The second-order valence-corrected chi connectivity index (χ2v) is 9.79. The van der Waals surface area contributed by atoms with Gasteiger partial charge in [0.05, 0.1) is 11.6 Å². The third-order valence-electron chi connectivity index (χ3n) is 6.69. The number of aromatic nitrogens is 1. The van der Waals surface area contributed by atoms with Gasteiger partial charge in [0.2, 0.25) is 5.91 Å². The number of para-hydroxylation sites is 1. The third-order valence-corrected chi connectivity index (χ3v) is 7.90. The van der Waals surface area contributed by atoms with Gasteiger partial charge in [-0.3, -0.25) is 19.3 Å². The molecule has 1 fully saturated rings. The molecule has 0 spiro atoms. The second-order valence-electron chi connectivity index (χ2n) is 8.69. The summed E-state index contributed by atoms with van der Waals surface area (Å²) in [7, 11) is 0. The first-order valence-electron chi connectivity index (χ1n) is 11.3. The Kier molecular flexibility index (Phi) is 5.67. The van der Waals surface area contributed by atoms with Gasteiger partial charge in [-0.2, -0.15) is 0 Å². The van der Waals surface area contributed by atoms with Gasteiger partial charge in [0.25, 0.3) is 11.8 Å². The smallest absolute Gasteiger partial charge is 0.270 e. The number of piperazine rings is 1. The Labute approximate surface area is 195 Å². The lowest BCUT2D eigenvalue weighted by molar-refractivity contribution is -0.121. The molecule has 3 aromatic rings. The van der Waals surface area contributed by atoms with E-state index in [1.807, 2.05) is 42.2 Å². The monoisotopic (exact) mass is 465 g/mol. The van der Waals surface area contributed by atoms with Crippen molar-refractivity contribution in [3.63, 3.8) is 0 Å². The number of nitrogens with two attached hydrogens (primary N) is 1. The zero-order chi connectivity index (χ0) is 23.1. The van der Waals surface area contributed by atoms with E-state index < -0.39 is 5.91 Å². The third kappa shape index (κ3) is 4.02. The topological polar surface area (TPSA) is 112 Å². The SMILES string of the molecule is CC(C(=O)Nc1sc2c(c1C(N)=O)CCC2)N1CCN(C(=O)c2cc3ccccc3[nH]2)CC1. The molecule has 172 valence electrons. The number of nitrogens with one attached hydrogen (secondary N) is 2. The fourth-order valence-electron chi connectivity index (χ4n) is 4.81. The minimum absolute atomic E-state index is 0.0258. The Morgan fingerprint density at radius 2 is 1.88 bits per heavy atom. The van der Waals surface area contributed by atoms with E-state index in [0.29, 0.717) is 42.4 Å². The molecular weight excluding hydrogens is 438 g/mol. The molecule has 0 bridgehead atoms. The molecule has 0 radical (unpaired) electrons. The number of amides is 3. The predicted octanol–water partition coefficient (Wildman–Crippen LogP) is 2.60. The highest BCUT2D eigenvalue weighted by Gasteiger charge is 2.31. The number of aryl methyl sites for hydroxylation is 1. The normalized spacial score (nSPS) is 17.2. The Balaban J connectivity index is 1.21. The number of fused-ring (bicyclic) bond motifs is 2. The summed E-state index contributed by atoms with van der Waals surface area (Å²) in [6.07, 6.45) is 2.79. The van der Waals surface area contributed by atoms with Crippen LogP contribution >= 0.6 is 11.3 Å². The summed E-state index contributed by atoms with van der Waals surface area (Å²) >= 11 is 1.47. The van der Waals surface area contributed by atoms with Crippen molar-refractivity contribution in [3.8, 4) is 0 Å². The number of nitrogens with zero attached hydrogens (tertiary/aromatic N) is 2. The van der Waals surface area contributed by atoms with Crippen LogP contribution in [0.2, 0.25) is 0 Å². The standard InChI is InChI=1S/C24H27N5O3S/c1-14(22(31)27-23-20(21(25)30)16-6-4-8-19(16)33-23)28-9-11-29(12-10-28)24(32)18-13-15-5-2-3-7-17(15)26-18/h2-3,5,7,13-14,26H,4,6,8-12H2,1H3,(H2,25,30)(H,27,31). The molecule has 5 rings (SSSR count). The van der Waals surface area contributed by atoms with E-state index in [0.717, 1.165) is 40.6 Å². The van der Waals surface area contributed by atoms with E-state index in [9.17, 15) is 14.4 Å². The van der Waals surface area contributed by atoms with Crippen LogP contribution in [-0.2, 0) is 17.6 Å². The van der Waals surface area contributed by atoms with Gasteiger partial charge in [-0.15, -0.1) is 11.3 Å². The maximum absolute atomic E-state index is 13.0. The summed E-state index contributed by atoms with van der Waals surface area (Å²) in [6, 6.07) is 9.33. The van der Waals surface area contributed by atoms with Crippen LogP contribution < -0.4 is 11.1 Å². The number of primary amides is 1. The van der Waals surface area contributed by atoms with Crippen LogP contribution in [0.1, 0.15) is 44.6 Å². The molecule has 3 amide bonds. The zero-order valence-corrected chi connectivity index (χ0v) is 19.3. The van der Waals surface area contributed by atoms with Crippen LogP contribution in [0.5, 0.6) is 0 Å². The lowest BCUT2D eigenvalue weighted by Crippen LogP contribution is -2.54. The molecule has 0 saturated carbocycles. The molecule has 4 N–H and O–H groups in total. The minimum atomic E-state index is -0.485. The summed E-state index contributed by atoms with van der Waals surface area (Å²) in [5.74, 6) is -0.670. The molecule has 1 aliphatic heterocycles. The van der Waals surface area contributed by atoms with Crippen LogP contribution in [0, 0.1) is 0 Å². The van der Waals surface area contributed by atoms with Crippen molar-refractivity contribution < 1.29 is 14.4 Å². The van der Waals surface area contributed by atoms with Crippen molar-refractivity contribution in [1.29, 1.82) is 0 Å². The molecule has 1 aromatic carbocycles. The minimum Gasteiger partial charge on any atom is -0.365 e. The van der Waals surface area contributed by atoms with E-state index in [1.165, 1.54) is 11.3 Å². The van der Waals surface area contributed by atoms with Gasteiger partial charge in [-0.05, 0) is 43.9 Å². The van der Waals surface area contributed by atoms with E-state index in [-0.39, 0.29) is 17.9 Å². The van der Waals surface area contributed by atoms with E-state index in [2.05, 4.69) is 15.2 Å². The quantitative estimate of drug-likeness (QED) is 0.538. The van der Waals surface area contributed by atoms with Crippen LogP contribution in [-0.4, -0.2) is 64.7 Å². The van der Waals surface area contributed by atoms with Gasteiger partial charge >= 0.3 is 0 Å². The number of carbonyl (C=O) groups excluding carboxylic acids is 3. The highest BCUT2D eigenvalue weighted by Crippen LogP contribution is 2.39. The molecule has 3 heterocycles. The Morgan fingerprint density at radius 3 is 2.61 bits per heavy atom. The first kappa shape index (κ1) is 21.7. The largest absolute Gasteiger partial charge is 0.365 e. The van der Waals surface area contributed by atoms with Crippen molar-refractivity contribution >= 4 is 45.0 Å². The molecule has 33 heavy (non-hydrogen) atoms. The first-order valence-corrected chi connectivity index (χ1v) is 12.1. The number of rotatable bonds is 5. The van der Waals surface area contributed by atoms with Crippen LogP contribution in [0.3, 0.4) is 0 Å². The highest BCUT2D eigenvalue weighted by atomic mass is 32.1. The van der Waals surface area contributed by atoms with Gasteiger partial charge in [-0.1, -0.05) is 18.2 Å². The summed E-state index contributed by atoms with van der Waals surface area (Å²) < 4.78 is 0. The number of H-pyrrole nitrogens is 1. The molecular formula is C24H27N5O3S. The summed E-state index contributed by atoms with van der Waals surface area (Å²) in [6.45, 7) is 4.15. The molecule has 1 unspecified atom stereocenters. The Morgan fingerprint density at radius 1 is 1.12 bits per heavy atom. The maximum atomic E-state index is 13.0. The molecule has 1 atom stereocenters. The highest BCUT2D eigenvalue weighted by molar-refractivity contribution is 7.17. The number of anilines is 1. The van der Waals surface area contributed by atoms with Crippen molar-refractivity contribution in [2.45, 2.75) is 32.2 Å². The number of hydrogen-bond acceptors (Lipinski definition) is 5. The fourth-order valence-corrected chi connectivity index (χ4v) is 6.10. The predicted molar refractivity (Wildman–Crippen MR) is 129 cm³/mol. The Bertz CT molecular complexity index is 1210. The summed E-state index contributed by atoms with van der Waals surface area (Å²) in [5, 5.41) is 4.52. The van der Waals surface area contributed by atoms with Gasteiger partial charge in [0, 0.05) is 42.0 Å². The summed E-state index contributed by atoms with van der Waals surface area (Å²) in [4.78, 5) is 46.1. The fraction of sp³-hybridized carbons (Fsp3) is 0.375. The van der Waals surface area contributed by atoms with Gasteiger partial charge in [-0.25, -0.2) is 0 Å². The van der Waals surface area contributed by atoms with Crippen molar-refractivity contribution in [2.24, 2.45) is 5.73 Å². The number of hydrogen-bond donors (Lipinski definition) is 3. The second kappa shape index (κ2) is 8.64. The van der Waals surface area contributed by atoms with Gasteiger partial charge < -0.3 is 20.9 Å². The number of carbonyl (C=O) groups is 3. The Hall–Kier alpha value is -3.17. The molecule has 1 saturated heterocycles. The molecule has 9 heteroatoms. The summed E-state index contributed by atoms with van der Waals surface area (Å²) in [5.41, 5.74) is 8.61. The van der Waals surface area contributed by atoms with Crippen LogP contribution in [0.4, 0.5) is 5.00 Å². The lowest BCUT2D eigenvalue weighted by Gasteiger charge is -2.37. The lowest BCUT2D eigenvalue weighted by atomic mass is 10.1. The zero-order valence-electron chi connectivity index (χ0n) is 18.5. The number of thiophene rings is 1. The average Bonchev–Trinajstić information content (AvgIpc) is 3.52. The van der Waals surface area contributed by atoms with E-state index in [1.54, 1.807) is 0 Å². The van der Waals surface area contributed by atoms with Crippen molar-refractivity contribution in [2.75, 3.05) is 31.5 Å². The molecule has 2 aromatic heterocycles. The molecule has 8 nitrogen and oxygen atoms in total. The van der Waals surface area contributed by atoms with Crippen LogP contribution in [0.25, 0.3) is 10.9 Å². The van der Waals surface area contributed by atoms with E-state index >= 15 is 0 Å². The van der Waals surface area contributed by atoms with Gasteiger partial charge in [0.1, 0.15) is 10.7 Å². The number of benzene rings is 1. The van der Waals surface area contributed by atoms with E-state index in [4.69, 9.17) is 5.73 Å². The number of aromatic amines is 1. The van der Waals surface area contributed by atoms with Crippen LogP contribution in [0.15, 0.2) is 30.3 Å². The molecule has 1 aliphatic carbocycles. The van der Waals surface area contributed by atoms with Crippen molar-refractivity contribution in [1.82, 2.24) is 14.8 Å². The first-order chi connectivity index (χ1) is 15.9.